The molecule has 0 amide bonds. The molecule has 0 fully saturated rings. The molecule has 1 heterocycles. The lowest BCUT2D eigenvalue weighted by molar-refractivity contribution is 0.640. The Morgan fingerprint density at radius 2 is 1.62 bits per heavy atom. The Bertz CT molecular complexity index is 695. The minimum atomic E-state index is 0.770. The molecular weight excluding hydrogens is 258 g/mol. The van der Waals surface area contributed by atoms with Gasteiger partial charge in [0.1, 0.15) is 0 Å². The molecule has 3 nitrogen and oxygen atoms in total. The molecule has 1 aromatic heterocycles. The van der Waals surface area contributed by atoms with Gasteiger partial charge in [-0.15, -0.1) is 0 Å². The van der Waals surface area contributed by atoms with Gasteiger partial charge in [0.2, 0.25) is 0 Å². The molecule has 0 spiro atoms. The van der Waals surface area contributed by atoms with E-state index in [-0.39, 0.29) is 0 Å². The van der Waals surface area contributed by atoms with Gasteiger partial charge in [-0.1, -0.05) is 42.5 Å². The van der Waals surface area contributed by atoms with Crippen LogP contribution in [-0.2, 0) is 13.0 Å². The zero-order valence-electron chi connectivity index (χ0n) is 12.0. The lowest BCUT2D eigenvalue weighted by Gasteiger charge is -2.05. The second kappa shape index (κ2) is 6.95. The highest BCUT2D eigenvalue weighted by atomic mass is 14.9. The fourth-order valence-electron chi connectivity index (χ4n) is 2.36. The molecule has 1 N–H and O–H groups in total. The Kier molecular flexibility index (Phi) is 4.54. The molecule has 21 heavy (non-hydrogen) atoms. The molecule has 0 aliphatic rings. The van der Waals surface area contributed by atoms with Crippen molar-refractivity contribution in [2.24, 2.45) is 0 Å². The topological polar surface area (TPSA) is 37.8 Å². The van der Waals surface area contributed by atoms with Crippen LogP contribution in [0.4, 0.5) is 0 Å². The molecule has 0 aliphatic heterocycles. The van der Waals surface area contributed by atoms with Gasteiger partial charge in [-0.25, -0.2) is 4.98 Å². The largest absolute Gasteiger partial charge is 0.311 e. The van der Waals surface area contributed by atoms with E-state index in [1.807, 2.05) is 30.5 Å². The van der Waals surface area contributed by atoms with Crippen LogP contribution in [0.5, 0.6) is 0 Å². The first-order valence-electron chi connectivity index (χ1n) is 7.37. The highest BCUT2D eigenvalue weighted by molar-refractivity contribution is 5.73. The van der Waals surface area contributed by atoms with Crippen molar-refractivity contribution in [3.8, 4) is 0 Å². The van der Waals surface area contributed by atoms with Crippen molar-refractivity contribution in [3.05, 3.63) is 72.1 Å². The van der Waals surface area contributed by atoms with Gasteiger partial charge >= 0.3 is 0 Å². The molecule has 0 saturated heterocycles. The number of hydrogen-bond donors (Lipinski definition) is 1. The summed E-state index contributed by atoms with van der Waals surface area (Å²) < 4.78 is 0. The minimum absolute atomic E-state index is 0.770. The van der Waals surface area contributed by atoms with Gasteiger partial charge in [-0.05, 0) is 37.1 Å². The Balaban J connectivity index is 1.46. The second-order valence-electron chi connectivity index (χ2n) is 5.12. The summed E-state index contributed by atoms with van der Waals surface area (Å²) in [5.41, 5.74) is 4.30. The standard InChI is InChI=1S/C18H19N3/c1-2-7-15(8-3-1)9-6-12-19-13-16-14-20-17-10-4-5-11-18(17)21-16/h1-5,7-8,10-11,14,19H,6,9,12-13H2. The fourth-order valence-corrected chi connectivity index (χ4v) is 2.36. The highest BCUT2D eigenvalue weighted by Gasteiger charge is 1.99. The van der Waals surface area contributed by atoms with Crippen molar-refractivity contribution in [1.29, 1.82) is 0 Å². The van der Waals surface area contributed by atoms with E-state index < -0.39 is 0 Å². The van der Waals surface area contributed by atoms with E-state index in [0.29, 0.717) is 0 Å². The number of nitrogens with one attached hydrogen (secondary N) is 1. The summed E-state index contributed by atoms with van der Waals surface area (Å²) in [6.07, 6.45) is 4.09. The number of nitrogens with zero attached hydrogens (tertiary/aromatic N) is 2. The highest BCUT2D eigenvalue weighted by Crippen LogP contribution is 2.08. The van der Waals surface area contributed by atoms with Crippen LogP contribution in [0.3, 0.4) is 0 Å². The van der Waals surface area contributed by atoms with E-state index in [0.717, 1.165) is 42.7 Å². The van der Waals surface area contributed by atoms with Gasteiger partial charge in [0.05, 0.1) is 22.9 Å². The zero-order valence-corrected chi connectivity index (χ0v) is 12.0. The summed E-state index contributed by atoms with van der Waals surface area (Å²) in [5, 5.41) is 3.43. The summed E-state index contributed by atoms with van der Waals surface area (Å²) in [6.45, 7) is 1.76. The van der Waals surface area contributed by atoms with Crippen LogP contribution >= 0.6 is 0 Å². The Morgan fingerprint density at radius 1 is 0.857 bits per heavy atom. The number of aryl methyl sites for hydroxylation is 1. The van der Waals surface area contributed by atoms with Crippen LogP contribution in [-0.4, -0.2) is 16.5 Å². The maximum atomic E-state index is 4.61. The molecule has 0 atom stereocenters. The van der Waals surface area contributed by atoms with E-state index >= 15 is 0 Å². The normalized spacial score (nSPS) is 10.9. The van der Waals surface area contributed by atoms with Crippen LogP contribution in [0, 0.1) is 0 Å². The van der Waals surface area contributed by atoms with Gasteiger partial charge in [0.25, 0.3) is 0 Å². The molecule has 0 saturated carbocycles. The van der Waals surface area contributed by atoms with Gasteiger partial charge in [0, 0.05) is 6.54 Å². The van der Waals surface area contributed by atoms with Gasteiger partial charge < -0.3 is 5.32 Å². The molecule has 3 heteroatoms. The molecule has 0 aliphatic carbocycles. The van der Waals surface area contributed by atoms with E-state index in [1.54, 1.807) is 0 Å². The molecule has 0 radical (unpaired) electrons. The third kappa shape index (κ3) is 3.86. The van der Waals surface area contributed by atoms with Crippen molar-refractivity contribution < 1.29 is 0 Å². The summed E-state index contributed by atoms with van der Waals surface area (Å²) in [5.74, 6) is 0. The molecule has 3 aromatic rings. The first kappa shape index (κ1) is 13.7. The first-order chi connectivity index (χ1) is 10.4. The van der Waals surface area contributed by atoms with Crippen molar-refractivity contribution in [3.63, 3.8) is 0 Å². The van der Waals surface area contributed by atoms with E-state index in [1.165, 1.54) is 5.56 Å². The van der Waals surface area contributed by atoms with Crippen LogP contribution in [0.15, 0.2) is 60.8 Å². The predicted octanol–water partition coefficient (Wildman–Crippen LogP) is 3.35. The number of aromatic nitrogens is 2. The monoisotopic (exact) mass is 277 g/mol. The average Bonchev–Trinajstić information content (AvgIpc) is 2.55. The lowest BCUT2D eigenvalue weighted by atomic mass is 10.1. The van der Waals surface area contributed by atoms with Crippen molar-refractivity contribution >= 4 is 11.0 Å². The molecular formula is C18H19N3. The Labute approximate surface area is 125 Å². The molecule has 106 valence electrons. The Morgan fingerprint density at radius 3 is 2.48 bits per heavy atom. The molecule has 0 bridgehead atoms. The number of benzene rings is 2. The van der Waals surface area contributed by atoms with Gasteiger partial charge in [0.15, 0.2) is 0 Å². The van der Waals surface area contributed by atoms with Crippen LogP contribution < -0.4 is 5.32 Å². The smallest absolute Gasteiger partial charge is 0.0890 e. The van der Waals surface area contributed by atoms with Crippen LogP contribution in [0.25, 0.3) is 11.0 Å². The maximum absolute atomic E-state index is 4.61. The van der Waals surface area contributed by atoms with Gasteiger partial charge in [-0.3, -0.25) is 4.98 Å². The van der Waals surface area contributed by atoms with Gasteiger partial charge in [-0.2, -0.15) is 0 Å². The number of para-hydroxylation sites is 2. The van der Waals surface area contributed by atoms with Crippen LogP contribution in [0.2, 0.25) is 0 Å². The second-order valence-corrected chi connectivity index (χ2v) is 5.12. The average molecular weight is 277 g/mol. The predicted molar refractivity (Wildman–Crippen MR) is 86.0 cm³/mol. The minimum Gasteiger partial charge on any atom is -0.311 e. The van der Waals surface area contributed by atoms with E-state index in [4.69, 9.17) is 0 Å². The zero-order chi connectivity index (χ0) is 14.3. The number of hydrogen-bond acceptors (Lipinski definition) is 3. The molecule has 3 rings (SSSR count). The molecule has 2 aromatic carbocycles. The lowest BCUT2D eigenvalue weighted by Crippen LogP contribution is -2.16. The Hall–Kier alpha value is -2.26. The fraction of sp³-hybridized carbons (Fsp3) is 0.222. The van der Waals surface area contributed by atoms with E-state index in [2.05, 4.69) is 45.6 Å². The quantitative estimate of drug-likeness (QED) is 0.702. The van der Waals surface area contributed by atoms with Crippen molar-refractivity contribution in [1.82, 2.24) is 15.3 Å². The number of fused-ring (bicyclic) bond motifs is 1. The summed E-state index contributed by atoms with van der Waals surface area (Å²) in [6, 6.07) is 18.6. The first-order valence-corrected chi connectivity index (χ1v) is 7.37. The third-order valence-electron chi connectivity index (χ3n) is 3.47. The van der Waals surface area contributed by atoms with E-state index in [9.17, 15) is 0 Å². The number of rotatable bonds is 6. The van der Waals surface area contributed by atoms with Crippen molar-refractivity contribution in [2.75, 3.05) is 6.54 Å². The summed E-state index contributed by atoms with van der Waals surface area (Å²) in [7, 11) is 0. The van der Waals surface area contributed by atoms with Crippen LogP contribution in [0.1, 0.15) is 17.7 Å². The summed E-state index contributed by atoms with van der Waals surface area (Å²) >= 11 is 0. The SMILES string of the molecule is c1ccc(CCCNCc2cnc3ccccc3n2)cc1. The maximum Gasteiger partial charge on any atom is 0.0890 e. The van der Waals surface area contributed by atoms with Crippen molar-refractivity contribution in [2.45, 2.75) is 19.4 Å². The summed E-state index contributed by atoms with van der Waals surface area (Å²) in [4.78, 5) is 9.03. The molecule has 0 unspecified atom stereocenters. The third-order valence-corrected chi connectivity index (χ3v) is 3.47.